The minimum Gasteiger partial charge on any atom is -0.445 e. The van der Waals surface area contributed by atoms with E-state index in [1.165, 1.54) is 42.8 Å². The van der Waals surface area contributed by atoms with Crippen LogP contribution in [0.25, 0.3) is 22.6 Å². The lowest BCUT2D eigenvalue weighted by atomic mass is 9.97. The lowest BCUT2D eigenvalue weighted by Crippen LogP contribution is -2.36. The van der Waals surface area contributed by atoms with Crippen molar-refractivity contribution in [3.05, 3.63) is 71.7 Å². The van der Waals surface area contributed by atoms with Crippen LogP contribution < -0.4 is 10.0 Å². The molecule has 2 aromatic heterocycles. The molecule has 0 saturated carbocycles. The highest BCUT2D eigenvalue weighted by Crippen LogP contribution is 2.34. The van der Waals surface area contributed by atoms with Gasteiger partial charge in [0, 0.05) is 23.2 Å². The van der Waals surface area contributed by atoms with Gasteiger partial charge in [0.2, 0.25) is 11.8 Å². The van der Waals surface area contributed by atoms with Crippen LogP contribution in [-0.4, -0.2) is 30.6 Å². The first-order valence-electron chi connectivity index (χ1n) is 10.4. The van der Waals surface area contributed by atoms with E-state index < -0.39 is 28.7 Å². The Kier molecular flexibility index (Phi) is 6.59. The molecule has 0 unspecified atom stereocenters. The zero-order chi connectivity index (χ0) is 26.1. The Morgan fingerprint density at radius 2 is 1.83 bits per heavy atom. The second-order valence-corrected chi connectivity index (χ2v) is 9.36. The van der Waals surface area contributed by atoms with E-state index in [1.54, 1.807) is 26.0 Å². The largest absolute Gasteiger partial charge is 0.471 e. The zero-order valence-corrected chi connectivity index (χ0v) is 19.7. The highest BCUT2D eigenvalue weighted by atomic mass is 32.2. The van der Waals surface area contributed by atoms with Crippen molar-refractivity contribution in [3.8, 4) is 22.6 Å². The fourth-order valence-corrected chi connectivity index (χ4v) is 4.66. The van der Waals surface area contributed by atoms with Crippen LogP contribution in [0, 0.1) is 13.8 Å². The number of hydrogen-bond acceptors (Lipinski definition) is 7. The SMILES string of the molecule is Cc1noc(NS(=O)(=O)c2ccccc2-c2ccc(-c3ncco3)cc2CNC(=O)C(F)(F)F)c1C. The van der Waals surface area contributed by atoms with Gasteiger partial charge < -0.3 is 14.3 Å². The predicted octanol–water partition coefficient (Wildman–Crippen LogP) is 4.59. The molecule has 2 aromatic carbocycles. The summed E-state index contributed by atoms with van der Waals surface area (Å²) in [6.07, 6.45) is -2.36. The van der Waals surface area contributed by atoms with Crippen LogP contribution in [-0.2, 0) is 21.4 Å². The van der Waals surface area contributed by atoms with Crippen LogP contribution >= 0.6 is 0 Å². The van der Waals surface area contributed by atoms with Crippen molar-refractivity contribution in [2.24, 2.45) is 0 Å². The lowest BCUT2D eigenvalue weighted by Gasteiger charge is -2.16. The van der Waals surface area contributed by atoms with Crippen LogP contribution in [0.5, 0.6) is 0 Å². The molecule has 2 heterocycles. The molecular weight excluding hydrogens is 501 g/mol. The Morgan fingerprint density at radius 3 is 2.47 bits per heavy atom. The van der Waals surface area contributed by atoms with Crippen LogP contribution in [0.15, 0.2) is 68.8 Å². The number of carbonyl (C=O) groups is 1. The maximum atomic E-state index is 13.3. The fourth-order valence-electron chi connectivity index (χ4n) is 3.39. The normalized spacial score (nSPS) is 11.9. The van der Waals surface area contributed by atoms with Crippen molar-refractivity contribution >= 4 is 21.8 Å². The van der Waals surface area contributed by atoms with Crippen LogP contribution in [0.3, 0.4) is 0 Å². The minimum absolute atomic E-state index is 0.0563. The summed E-state index contributed by atoms with van der Waals surface area (Å²) in [6.45, 7) is 2.75. The summed E-state index contributed by atoms with van der Waals surface area (Å²) in [7, 11) is -4.21. The number of alkyl halides is 3. The lowest BCUT2D eigenvalue weighted by molar-refractivity contribution is -0.173. The Balaban J connectivity index is 1.79. The van der Waals surface area contributed by atoms with Gasteiger partial charge in [-0.3, -0.25) is 4.79 Å². The Bertz CT molecular complexity index is 1510. The average Bonchev–Trinajstić information content (AvgIpc) is 3.48. The summed E-state index contributed by atoms with van der Waals surface area (Å²) in [5, 5.41) is 5.56. The van der Waals surface area contributed by atoms with E-state index in [0.29, 0.717) is 16.8 Å². The first-order valence-corrected chi connectivity index (χ1v) is 11.9. The van der Waals surface area contributed by atoms with E-state index in [4.69, 9.17) is 8.94 Å². The smallest absolute Gasteiger partial charge is 0.445 e. The topological polar surface area (TPSA) is 127 Å². The number of nitrogens with zero attached hydrogens (tertiary/aromatic N) is 2. The highest BCUT2D eigenvalue weighted by molar-refractivity contribution is 7.92. The first-order chi connectivity index (χ1) is 17.0. The van der Waals surface area contributed by atoms with Gasteiger partial charge in [-0.15, -0.1) is 0 Å². The van der Waals surface area contributed by atoms with Gasteiger partial charge >= 0.3 is 12.1 Å². The van der Waals surface area contributed by atoms with E-state index >= 15 is 0 Å². The molecule has 0 radical (unpaired) electrons. The molecular formula is C23H19F3N4O5S. The second-order valence-electron chi connectivity index (χ2n) is 7.71. The van der Waals surface area contributed by atoms with Gasteiger partial charge in [-0.1, -0.05) is 29.4 Å². The molecule has 0 aliphatic carbocycles. The third-order valence-electron chi connectivity index (χ3n) is 5.33. The van der Waals surface area contributed by atoms with Crippen molar-refractivity contribution in [1.82, 2.24) is 15.5 Å². The maximum Gasteiger partial charge on any atom is 0.471 e. The molecule has 36 heavy (non-hydrogen) atoms. The molecule has 0 fully saturated rings. The van der Waals surface area contributed by atoms with Gasteiger partial charge in [-0.05, 0) is 43.2 Å². The molecule has 4 rings (SSSR count). The fraction of sp³-hybridized carbons (Fsp3) is 0.174. The summed E-state index contributed by atoms with van der Waals surface area (Å²) in [5.41, 5.74) is 2.10. The Morgan fingerprint density at radius 1 is 1.08 bits per heavy atom. The number of rotatable bonds is 7. The zero-order valence-electron chi connectivity index (χ0n) is 18.9. The molecule has 4 aromatic rings. The number of aromatic nitrogens is 2. The average molecular weight is 520 g/mol. The number of benzene rings is 2. The Labute approximate surface area is 203 Å². The highest BCUT2D eigenvalue weighted by Gasteiger charge is 2.38. The predicted molar refractivity (Wildman–Crippen MR) is 122 cm³/mol. The van der Waals surface area contributed by atoms with E-state index in [1.807, 2.05) is 5.32 Å². The standard InChI is InChI=1S/C23H19F3N4O5S/c1-13-14(2)29-35-20(13)30-36(32,33)19-6-4-3-5-18(19)17-8-7-15(21-27-9-10-34-21)11-16(17)12-28-22(31)23(24,25)26/h3-11,30H,12H2,1-2H3,(H,28,31). The maximum absolute atomic E-state index is 13.3. The first kappa shape index (κ1) is 25.0. The van der Waals surface area contributed by atoms with E-state index in [9.17, 15) is 26.4 Å². The van der Waals surface area contributed by atoms with E-state index in [2.05, 4.69) is 14.9 Å². The number of oxazole rings is 1. The third kappa shape index (κ3) is 5.10. The van der Waals surface area contributed by atoms with Crippen molar-refractivity contribution < 1.29 is 35.3 Å². The van der Waals surface area contributed by atoms with Crippen molar-refractivity contribution in [2.75, 3.05) is 4.72 Å². The molecule has 0 saturated heterocycles. The monoisotopic (exact) mass is 520 g/mol. The molecule has 0 aliphatic heterocycles. The molecule has 0 aliphatic rings. The minimum atomic E-state index is -5.08. The molecule has 9 nitrogen and oxygen atoms in total. The molecule has 0 spiro atoms. The summed E-state index contributed by atoms with van der Waals surface area (Å²) in [5.74, 6) is -1.99. The van der Waals surface area contributed by atoms with Gasteiger partial charge in [0.05, 0.1) is 16.8 Å². The molecule has 13 heteroatoms. The van der Waals surface area contributed by atoms with Gasteiger partial charge in [0.25, 0.3) is 10.0 Å². The van der Waals surface area contributed by atoms with Crippen LogP contribution in [0.4, 0.5) is 19.1 Å². The van der Waals surface area contributed by atoms with Gasteiger partial charge in [0.1, 0.15) is 6.26 Å². The van der Waals surface area contributed by atoms with Gasteiger partial charge in [-0.2, -0.15) is 13.2 Å². The van der Waals surface area contributed by atoms with E-state index in [-0.39, 0.29) is 33.4 Å². The van der Waals surface area contributed by atoms with Gasteiger partial charge in [-0.25, -0.2) is 18.1 Å². The van der Waals surface area contributed by atoms with E-state index in [0.717, 1.165) is 0 Å². The number of aryl methyl sites for hydroxylation is 1. The number of anilines is 1. The van der Waals surface area contributed by atoms with Crippen molar-refractivity contribution in [2.45, 2.75) is 31.5 Å². The second kappa shape index (κ2) is 9.49. The molecule has 188 valence electrons. The molecule has 0 atom stereocenters. The molecule has 0 bridgehead atoms. The van der Waals surface area contributed by atoms with Gasteiger partial charge in [0.15, 0.2) is 0 Å². The number of hydrogen-bond donors (Lipinski definition) is 2. The summed E-state index contributed by atoms with van der Waals surface area (Å²) >= 11 is 0. The Hall–Kier alpha value is -4.13. The number of sulfonamides is 1. The van der Waals surface area contributed by atoms with Crippen molar-refractivity contribution in [3.63, 3.8) is 0 Å². The third-order valence-corrected chi connectivity index (χ3v) is 6.72. The summed E-state index contributed by atoms with van der Waals surface area (Å²) in [6, 6.07) is 10.5. The quantitative estimate of drug-likeness (QED) is 0.365. The number of nitrogens with one attached hydrogen (secondary N) is 2. The van der Waals surface area contributed by atoms with Crippen LogP contribution in [0.1, 0.15) is 16.8 Å². The molecule has 2 N–H and O–H groups in total. The number of carbonyl (C=O) groups excluding carboxylic acids is 1. The van der Waals surface area contributed by atoms with Crippen molar-refractivity contribution in [1.29, 1.82) is 0 Å². The van der Waals surface area contributed by atoms with Crippen LogP contribution in [0.2, 0.25) is 0 Å². The summed E-state index contributed by atoms with van der Waals surface area (Å²) in [4.78, 5) is 15.3. The number of amides is 1. The number of halogens is 3. The molecule has 1 amide bonds. The summed E-state index contributed by atoms with van der Waals surface area (Å²) < 4.78 is 77.6.